The Bertz CT molecular complexity index is 1170. The average molecular weight is 476 g/mol. The number of carbonyl (C=O) groups is 1. The lowest BCUT2D eigenvalue weighted by molar-refractivity contribution is -0.254. The number of ketones is 1. The Labute approximate surface area is 208 Å². The van der Waals surface area contributed by atoms with E-state index in [-0.39, 0.29) is 22.4 Å². The van der Waals surface area contributed by atoms with Crippen molar-refractivity contribution in [1.29, 1.82) is 0 Å². The smallest absolute Gasteiger partial charge is 0.236 e. The number of aromatic nitrogens is 1. The van der Waals surface area contributed by atoms with Gasteiger partial charge in [-0.05, 0) is 66.2 Å². The molecule has 1 N–H and O–H groups in total. The van der Waals surface area contributed by atoms with Crippen LogP contribution in [0.5, 0.6) is 0 Å². The number of aliphatic hydroxyl groups is 1. The molecule has 0 radical (unpaired) electrons. The largest absolute Gasteiger partial charge is 0.512 e. The van der Waals surface area contributed by atoms with E-state index < -0.39 is 5.79 Å². The second kappa shape index (κ2) is 8.56. The molecular formula is C30H37NO4. The molecule has 0 unspecified atom stereocenters. The molecule has 1 aromatic rings. The van der Waals surface area contributed by atoms with E-state index in [1.54, 1.807) is 6.20 Å². The lowest BCUT2D eigenvalue weighted by Gasteiger charge is -2.43. The fourth-order valence-electron chi connectivity index (χ4n) is 5.94. The van der Waals surface area contributed by atoms with Crippen molar-refractivity contribution in [2.24, 2.45) is 10.8 Å². The first-order valence-corrected chi connectivity index (χ1v) is 12.9. The zero-order valence-corrected chi connectivity index (χ0v) is 21.7. The molecule has 1 aliphatic heterocycles. The monoisotopic (exact) mass is 475 g/mol. The van der Waals surface area contributed by atoms with Gasteiger partial charge in [-0.15, -0.1) is 0 Å². The number of ether oxygens (including phenoxy) is 2. The van der Waals surface area contributed by atoms with Gasteiger partial charge in [0.1, 0.15) is 11.5 Å². The summed E-state index contributed by atoms with van der Waals surface area (Å²) in [5, 5.41) is 10.2. The molecule has 35 heavy (non-hydrogen) atoms. The van der Waals surface area contributed by atoms with Crippen molar-refractivity contribution < 1.29 is 19.4 Å². The summed E-state index contributed by atoms with van der Waals surface area (Å²) in [6, 6.07) is 3.75. The van der Waals surface area contributed by atoms with Crippen LogP contribution >= 0.6 is 0 Å². The zero-order valence-electron chi connectivity index (χ0n) is 21.7. The fraction of sp³-hybridized carbons (Fsp3) is 0.533. The van der Waals surface area contributed by atoms with Crippen LogP contribution in [0.1, 0.15) is 84.4 Å². The van der Waals surface area contributed by atoms with Gasteiger partial charge in [0.05, 0.1) is 18.8 Å². The van der Waals surface area contributed by atoms with Crippen molar-refractivity contribution in [2.45, 2.75) is 78.9 Å². The summed E-state index contributed by atoms with van der Waals surface area (Å²) in [4.78, 5) is 17.1. The van der Waals surface area contributed by atoms with Crippen LogP contribution in [0, 0.1) is 10.8 Å². The van der Waals surface area contributed by atoms with Crippen LogP contribution in [0.2, 0.25) is 0 Å². The van der Waals surface area contributed by atoms with Crippen molar-refractivity contribution in [1.82, 2.24) is 4.98 Å². The summed E-state index contributed by atoms with van der Waals surface area (Å²) in [7, 11) is 0. The average Bonchev–Trinajstić information content (AvgIpc) is 3.04. The molecule has 0 saturated carbocycles. The standard InChI is InChI=1S/C30H37NO4/c1-19-15-21(17-23-22(16-19)28(2,3)11-12-29(23,4)5)30(34-13-6-14-35-30)26-10-7-20(18-31-26)27-24(32)8-9-25(27)33/h7,10,16-18,32H,6,8-9,11-15H2,1-5H3. The Hall–Kier alpha value is -2.50. The van der Waals surface area contributed by atoms with Crippen molar-refractivity contribution >= 4 is 11.4 Å². The lowest BCUT2D eigenvalue weighted by atomic mass is 9.63. The van der Waals surface area contributed by atoms with E-state index in [1.165, 1.54) is 16.7 Å². The van der Waals surface area contributed by atoms with Gasteiger partial charge in [-0.3, -0.25) is 9.78 Å². The maximum Gasteiger partial charge on any atom is 0.236 e. The third-order valence-corrected chi connectivity index (χ3v) is 8.17. The molecule has 4 aliphatic rings. The Morgan fingerprint density at radius 1 is 0.943 bits per heavy atom. The summed E-state index contributed by atoms with van der Waals surface area (Å²) in [5.41, 5.74) is 7.01. The Morgan fingerprint density at radius 2 is 1.60 bits per heavy atom. The molecule has 5 heteroatoms. The number of carbonyl (C=O) groups excluding carboxylic acids is 1. The minimum Gasteiger partial charge on any atom is -0.512 e. The molecule has 5 rings (SSSR count). The predicted octanol–water partition coefficient (Wildman–Crippen LogP) is 6.72. The number of hydrogen-bond acceptors (Lipinski definition) is 5. The highest BCUT2D eigenvalue weighted by Crippen LogP contribution is 2.53. The van der Waals surface area contributed by atoms with Crippen LogP contribution in [0.3, 0.4) is 0 Å². The number of Topliss-reactive ketones (excluding diaryl/α,β-unsaturated/α-hetero) is 1. The minimum atomic E-state index is -1.07. The first kappa shape index (κ1) is 24.2. The first-order valence-electron chi connectivity index (χ1n) is 12.9. The quantitative estimate of drug-likeness (QED) is 0.525. The lowest BCUT2D eigenvalue weighted by Crippen LogP contribution is -2.41. The van der Waals surface area contributed by atoms with Crippen LogP contribution in [0.25, 0.3) is 5.57 Å². The predicted molar refractivity (Wildman–Crippen MR) is 137 cm³/mol. The zero-order chi connectivity index (χ0) is 25.0. The summed E-state index contributed by atoms with van der Waals surface area (Å²) in [6.45, 7) is 12.7. The van der Waals surface area contributed by atoms with Gasteiger partial charge in [-0.2, -0.15) is 0 Å². The normalized spacial score (nSPS) is 25.7. The number of allylic oxidation sites excluding steroid dienone is 7. The van der Waals surface area contributed by atoms with Gasteiger partial charge in [0.25, 0.3) is 0 Å². The third kappa shape index (κ3) is 4.13. The van der Waals surface area contributed by atoms with Gasteiger partial charge in [0.2, 0.25) is 5.79 Å². The van der Waals surface area contributed by atoms with Gasteiger partial charge >= 0.3 is 0 Å². The second-order valence-corrected chi connectivity index (χ2v) is 11.8. The topological polar surface area (TPSA) is 68.7 Å². The minimum absolute atomic E-state index is 0.0363. The van der Waals surface area contributed by atoms with Crippen molar-refractivity contribution in [3.8, 4) is 0 Å². The molecule has 0 atom stereocenters. The van der Waals surface area contributed by atoms with Crippen molar-refractivity contribution in [3.63, 3.8) is 0 Å². The third-order valence-electron chi connectivity index (χ3n) is 8.17. The van der Waals surface area contributed by atoms with Crippen LogP contribution in [-0.4, -0.2) is 29.1 Å². The van der Waals surface area contributed by atoms with Crippen molar-refractivity contribution in [3.05, 3.63) is 69.8 Å². The van der Waals surface area contributed by atoms with Crippen LogP contribution < -0.4 is 0 Å². The Morgan fingerprint density at radius 3 is 2.17 bits per heavy atom. The molecule has 5 nitrogen and oxygen atoms in total. The maximum atomic E-state index is 12.3. The van der Waals surface area contributed by atoms with Gasteiger partial charge in [0, 0.05) is 24.6 Å². The highest BCUT2D eigenvalue weighted by Gasteiger charge is 2.45. The number of pyridine rings is 1. The number of hydrogen-bond donors (Lipinski definition) is 1. The summed E-state index contributed by atoms with van der Waals surface area (Å²) in [5.74, 6) is -0.952. The maximum absolute atomic E-state index is 12.3. The number of nitrogens with zero attached hydrogens (tertiary/aromatic N) is 1. The van der Waals surface area contributed by atoms with E-state index >= 15 is 0 Å². The first-order chi connectivity index (χ1) is 16.5. The summed E-state index contributed by atoms with van der Waals surface area (Å²) < 4.78 is 12.9. The van der Waals surface area contributed by atoms with Crippen molar-refractivity contribution in [2.75, 3.05) is 13.2 Å². The molecule has 1 saturated heterocycles. The highest BCUT2D eigenvalue weighted by atomic mass is 16.7. The van der Waals surface area contributed by atoms with Crippen LogP contribution in [-0.2, 0) is 20.1 Å². The van der Waals surface area contributed by atoms with Crippen LogP contribution in [0.4, 0.5) is 0 Å². The molecule has 2 heterocycles. The van der Waals surface area contributed by atoms with E-state index in [4.69, 9.17) is 14.5 Å². The molecule has 1 fully saturated rings. The fourth-order valence-corrected chi connectivity index (χ4v) is 5.94. The van der Waals surface area contributed by atoms with E-state index in [9.17, 15) is 9.90 Å². The van der Waals surface area contributed by atoms with Gasteiger partial charge < -0.3 is 14.6 Å². The highest BCUT2D eigenvalue weighted by molar-refractivity contribution is 6.23. The van der Waals surface area contributed by atoms with Gasteiger partial charge in [0.15, 0.2) is 5.78 Å². The van der Waals surface area contributed by atoms with Crippen LogP contribution in [0.15, 0.2) is 58.5 Å². The molecule has 0 aromatic carbocycles. The van der Waals surface area contributed by atoms with E-state index in [1.807, 2.05) is 12.1 Å². The van der Waals surface area contributed by atoms with E-state index in [0.717, 1.165) is 31.3 Å². The molecule has 0 bridgehead atoms. The van der Waals surface area contributed by atoms with E-state index in [2.05, 4.69) is 46.8 Å². The molecule has 0 spiro atoms. The summed E-state index contributed by atoms with van der Waals surface area (Å²) >= 11 is 0. The number of aliphatic hydroxyl groups excluding tert-OH is 1. The molecular weight excluding hydrogens is 438 g/mol. The molecule has 3 aliphatic carbocycles. The second-order valence-electron chi connectivity index (χ2n) is 11.8. The molecule has 186 valence electrons. The Kier molecular flexibility index (Phi) is 5.92. The number of rotatable bonds is 3. The molecule has 1 aromatic heterocycles. The van der Waals surface area contributed by atoms with Gasteiger partial charge in [-0.1, -0.05) is 51.5 Å². The molecule has 0 amide bonds. The SMILES string of the molecule is CC1=CC2=C(C=C(C3(c4ccc(C5=C(O)CCC5=O)cn4)OCCCO3)C1)C(C)(C)CCC2(C)C. The van der Waals surface area contributed by atoms with E-state index in [0.29, 0.717) is 42.9 Å². The van der Waals surface area contributed by atoms with Gasteiger partial charge in [-0.25, -0.2) is 0 Å². The summed E-state index contributed by atoms with van der Waals surface area (Å²) in [6.07, 6.45) is 11.0. The Balaban J connectivity index is 1.63.